The SMILES string of the molecule is Nc1ccc2nc(SCC(=O)NCC3CCCN(Cc4ccccc4)C3)sc2c1. The Hall–Kier alpha value is -2.09. The molecule has 3 N–H and O–H groups in total. The molecule has 1 atom stereocenters. The van der Waals surface area contributed by atoms with Crippen molar-refractivity contribution in [2.24, 2.45) is 5.92 Å². The number of rotatable bonds is 7. The number of nitrogens with zero attached hydrogens (tertiary/aromatic N) is 2. The van der Waals surface area contributed by atoms with E-state index in [0.717, 1.165) is 46.4 Å². The van der Waals surface area contributed by atoms with Crippen molar-refractivity contribution in [2.45, 2.75) is 23.7 Å². The van der Waals surface area contributed by atoms with Gasteiger partial charge < -0.3 is 11.1 Å². The minimum atomic E-state index is 0.0777. The first kappa shape index (κ1) is 20.2. The number of aromatic nitrogens is 1. The predicted molar refractivity (Wildman–Crippen MR) is 122 cm³/mol. The van der Waals surface area contributed by atoms with Gasteiger partial charge in [-0.25, -0.2) is 4.98 Å². The topological polar surface area (TPSA) is 71.2 Å². The molecule has 152 valence electrons. The number of carbonyl (C=O) groups is 1. The monoisotopic (exact) mass is 426 g/mol. The molecule has 5 nitrogen and oxygen atoms in total. The summed E-state index contributed by atoms with van der Waals surface area (Å²) in [4.78, 5) is 19.4. The Morgan fingerprint density at radius 2 is 2.14 bits per heavy atom. The second-order valence-electron chi connectivity index (χ2n) is 7.53. The first-order valence-electron chi connectivity index (χ1n) is 9.97. The maximum atomic E-state index is 12.3. The van der Waals surface area contributed by atoms with Crippen molar-refractivity contribution >= 4 is 44.9 Å². The zero-order valence-corrected chi connectivity index (χ0v) is 18.0. The quantitative estimate of drug-likeness (QED) is 0.441. The maximum absolute atomic E-state index is 12.3. The van der Waals surface area contributed by atoms with Crippen molar-refractivity contribution in [3.8, 4) is 0 Å². The van der Waals surface area contributed by atoms with Gasteiger partial charge >= 0.3 is 0 Å². The number of fused-ring (bicyclic) bond motifs is 1. The van der Waals surface area contributed by atoms with Crippen LogP contribution in [0.4, 0.5) is 5.69 Å². The highest BCUT2D eigenvalue weighted by Gasteiger charge is 2.20. The maximum Gasteiger partial charge on any atom is 0.230 e. The Morgan fingerprint density at radius 3 is 3.00 bits per heavy atom. The lowest BCUT2D eigenvalue weighted by molar-refractivity contribution is -0.118. The van der Waals surface area contributed by atoms with Gasteiger partial charge in [-0.2, -0.15) is 0 Å². The molecule has 0 saturated carbocycles. The van der Waals surface area contributed by atoms with Crippen LogP contribution in [-0.2, 0) is 11.3 Å². The van der Waals surface area contributed by atoms with E-state index in [1.807, 2.05) is 18.2 Å². The smallest absolute Gasteiger partial charge is 0.230 e. The molecule has 1 saturated heterocycles. The molecule has 1 amide bonds. The molecule has 0 bridgehead atoms. The number of nitrogens with two attached hydrogens (primary N) is 1. The van der Waals surface area contributed by atoms with E-state index in [9.17, 15) is 4.79 Å². The van der Waals surface area contributed by atoms with E-state index >= 15 is 0 Å². The fourth-order valence-electron chi connectivity index (χ4n) is 3.72. The van der Waals surface area contributed by atoms with Gasteiger partial charge in [-0.05, 0) is 49.1 Å². The van der Waals surface area contributed by atoms with Crippen molar-refractivity contribution in [3.63, 3.8) is 0 Å². The zero-order valence-electron chi connectivity index (χ0n) is 16.3. The minimum Gasteiger partial charge on any atom is -0.399 e. The summed E-state index contributed by atoms with van der Waals surface area (Å²) < 4.78 is 1.97. The number of carbonyl (C=O) groups excluding carboxylic acids is 1. The molecule has 1 unspecified atom stereocenters. The molecule has 2 heterocycles. The predicted octanol–water partition coefficient (Wildman–Crippen LogP) is 4.00. The lowest BCUT2D eigenvalue weighted by atomic mass is 9.97. The average Bonchev–Trinajstić information content (AvgIpc) is 3.14. The van der Waals surface area contributed by atoms with Crippen molar-refractivity contribution in [1.82, 2.24) is 15.2 Å². The molecular weight excluding hydrogens is 400 g/mol. The van der Waals surface area contributed by atoms with Crippen LogP contribution in [0.3, 0.4) is 0 Å². The summed E-state index contributed by atoms with van der Waals surface area (Å²) in [5.74, 6) is 0.997. The van der Waals surface area contributed by atoms with Gasteiger partial charge in [-0.15, -0.1) is 11.3 Å². The number of amides is 1. The Balaban J connectivity index is 1.21. The van der Waals surface area contributed by atoms with Crippen molar-refractivity contribution in [2.75, 3.05) is 31.1 Å². The first-order valence-corrected chi connectivity index (χ1v) is 11.8. The normalized spacial score (nSPS) is 17.4. The number of piperidine rings is 1. The minimum absolute atomic E-state index is 0.0777. The van der Waals surface area contributed by atoms with Crippen LogP contribution in [0, 0.1) is 5.92 Å². The van der Waals surface area contributed by atoms with Gasteiger partial charge in [0.05, 0.1) is 16.0 Å². The van der Waals surface area contributed by atoms with Crippen LogP contribution < -0.4 is 11.1 Å². The highest BCUT2D eigenvalue weighted by molar-refractivity contribution is 8.01. The first-order chi connectivity index (χ1) is 14.2. The summed E-state index contributed by atoms with van der Waals surface area (Å²) in [5.41, 5.74) is 8.85. The van der Waals surface area contributed by atoms with E-state index in [2.05, 4.69) is 45.5 Å². The van der Waals surface area contributed by atoms with Gasteiger partial charge in [0.2, 0.25) is 5.91 Å². The summed E-state index contributed by atoms with van der Waals surface area (Å²) in [6.45, 7) is 3.92. The molecule has 0 spiro atoms. The number of thiazole rings is 1. The van der Waals surface area contributed by atoms with Crippen LogP contribution in [0.25, 0.3) is 10.2 Å². The van der Waals surface area contributed by atoms with Crippen molar-refractivity contribution in [1.29, 1.82) is 0 Å². The molecule has 1 aliphatic heterocycles. The number of hydrogen-bond acceptors (Lipinski definition) is 6. The van der Waals surface area contributed by atoms with Gasteiger partial charge in [0.25, 0.3) is 0 Å². The van der Waals surface area contributed by atoms with E-state index in [1.54, 1.807) is 11.3 Å². The summed E-state index contributed by atoms with van der Waals surface area (Å²) in [6.07, 6.45) is 2.37. The van der Waals surface area contributed by atoms with Crippen LogP contribution in [-0.4, -0.2) is 41.2 Å². The largest absolute Gasteiger partial charge is 0.399 e. The summed E-state index contributed by atoms with van der Waals surface area (Å²) in [7, 11) is 0. The van der Waals surface area contributed by atoms with Gasteiger partial charge in [0.1, 0.15) is 0 Å². The lowest BCUT2D eigenvalue weighted by Gasteiger charge is -2.32. The third kappa shape index (κ3) is 5.72. The third-order valence-corrected chi connectivity index (χ3v) is 7.32. The third-order valence-electron chi connectivity index (χ3n) is 5.16. The Bertz CT molecular complexity index is 960. The van der Waals surface area contributed by atoms with Gasteiger partial charge in [0, 0.05) is 25.3 Å². The van der Waals surface area contributed by atoms with Crippen LogP contribution in [0.15, 0.2) is 52.9 Å². The molecule has 3 aromatic rings. The molecule has 1 aromatic heterocycles. The van der Waals surface area contributed by atoms with E-state index in [1.165, 1.54) is 30.2 Å². The Morgan fingerprint density at radius 1 is 1.28 bits per heavy atom. The van der Waals surface area contributed by atoms with E-state index in [0.29, 0.717) is 11.7 Å². The lowest BCUT2D eigenvalue weighted by Crippen LogP contribution is -2.40. The summed E-state index contributed by atoms with van der Waals surface area (Å²) in [6, 6.07) is 16.3. The van der Waals surface area contributed by atoms with Crippen molar-refractivity contribution < 1.29 is 4.79 Å². The second-order valence-corrected chi connectivity index (χ2v) is 9.78. The van der Waals surface area contributed by atoms with Crippen LogP contribution in [0.5, 0.6) is 0 Å². The molecule has 29 heavy (non-hydrogen) atoms. The Labute approximate surface area is 179 Å². The second kappa shape index (κ2) is 9.61. The molecule has 7 heteroatoms. The van der Waals surface area contributed by atoms with Gasteiger partial charge in [-0.1, -0.05) is 42.1 Å². The molecule has 1 fully saturated rings. The van der Waals surface area contributed by atoms with E-state index in [4.69, 9.17) is 5.73 Å². The van der Waals surface area contributed by atoms with E-state index in [-0.39, 0.29) is 5.91 Å². The number of hydrogen-bond donors (Lipinski definition) is 2. The highest BCUT2D eigenvalue weighted by Crippen LogP contribution is 2.30. The average molecular weight is 427 g/mol. The number of benzene rings is 2. The molecule has 4 rings (SSSR count). The fraction of sp³-hybridized carbons (Fsp3) is 0.364. The fourth-order valence-corrected chi connectivity index (χ4v) is 5.67. The number of nitrogen functional groups attached to an aromatic ring is 1. The molecular formula is C22H26N4OS2. The standard InChI is InChI=1S/C22H26N4OS2/c23-18-8-9-19-20(11-18)29-22(25-19)28-15-21(27)24-12-17-7-4-10-26(14-17)13-16-5-2-1-3-6-16/h1-3,5-6,8-9,11,17H,4,7,10,12-15,23H2,(H,24,27). The molecule has 1 aliphatic rings. The number of anilines is 1. The molecule has 0 radical (unpaired) electrons. The zero-order chi connectivity index (χ0) is 20.1. The molecule has 0 aliphatic carbocycles. The number of thioether (sulfide) groups is 1. The summed E-state index contributed by atoms with van der Waals surface area (Å²) >= 11 is 3.08. The van der Waals surface area contributed by atoms with Crippen LogP contribution in [0.2, 0.25) is 0 Å². The van der Waals surface area contributed by atoms with Gasteiger partial charge in [0.15, 0.2) is 4.34 Å². The summed E-state index contributed by atoms with van der Waals surface area (Å²) in [5, 5.41) is 3.12. The number of nitrogens with one attached hydrogen (secondary N) is 1. The highest BCUT2D eigenvalue weighted by atomic mass is 32.2. The van der Waals surface area contributed by atoms with E-state index < -0.39 is 0 Å². The van der Waals surface area contributed by atoms with Gasteiger partial charge in [-0.3, -0.25) is 9.69 Å². The van der Waals surface area contributed by atoms with Crippen molar-refractivity contribution in [3.05, 3.63) is 54.1 Å². The number of likely N-dealkylation sites (tertiary alicyclic amines) is 1. The Kier molecular flexibility index (Phi) is 6.69. The molecule has 2 aromatic carbocycles. The van der Waals surface area contributed by atoms with Crippen LogP contribution >= 0.6 is 23.1 Å². The van der Waals surface area contributed by atoms with Crippen LogP contribution in [0.1, 0.15) is 18.4 Å².